The first-order valence-electron chi connectivity index (χ1n) is 7.94. The van der Waals surface area contributed by atoms with Crippen molar-refractivity contribution in [3.8, 4) is 0 Å². The van der Waals surface area contributed by atoms with Gasteiger partial charge in [-0.3, -0.25) is 9.69 Å². The monoisotopic (exact) mass is 302 g/mol. The van der Waals surface area contributed by atoms with Gasteiger partial charge in [-0.1, -0.05) is 13.8 Å². The molecule has 21 heavy (non-hydrogen) atoms. The fourth-order valence-corrected chi connectivity index (χ4v) is 2.10. The number of hydrogen-bond donors (Lipinski definition) is 2. The van der Waals surface area contributed by atoms with Crippen LogP contribution in [0.5, 0.6) is 0 Å². The molecule has 0 spiro atoms. The fraction of sp³-hybridized carbons (Fsp3) is 0.938. The highest BCUT2D eigenvalue weighted by molar-refractivity contribution is 5.78. The third kappa shape index (κ3) is 9.06. The van der Waals surface area contributed by atoms with Crippen LogP contribution in [0.25, 0.3) is 0 Å². The average Bonchev–Trinajstić information content (AvgIpc) is 2.37. The highest BCUT2D eigenvalue weighted by Crippen LogP contribution is 2.09. The van der Waals surface area contributed by atoms with E-state index < -0.39 is 5.60 Å². The maximum atomic E-state index is 11.7. The van der Waals surface area contributed by atoms with E-state index in [2.05, 4.69) is 18.7 Å². The molecular formula is C16H34N2O3. The van der Waals surface area contributed by atoms with Crippen LogP contribution in [0.1, 0.15) is 48.0 Å². The minimum atomic E-state index is -0.700. The van der Waals surface area contributed by atoms with E-state index in [1.807, 2.05) is 18.7 Å². The van der Waals surface area contributed by atoms with E-state index in [9.17, 15) is 4.79 Å². The topological polar surface area (TPSA) is 64.0 Å². The molecule has 1 rings (SSSR count). The molecule has 126 valence electrons. The van der Waals surface area contributed by atoms with Crippen LogP contribution >= 0.6 is 0 Å². The maximum Gasteiger partial charge on any atom is 0.225 e. The van der Waals surface area contributed by atoms with Gasteiger partial charge >= 0.3 is 0 Å². The van der Waals surface area contributed by atoms with Gasteiger partial charge in [-0.05, 0) is 34.1 Å². The molecule has 0 saturated carbocycles. The van der Waals surface area contributed by atoms with Crippen LogP contribution in [0, 0.1) is 5.92 Å². The van der Waals surface area contributed by atoms with Crippen molar-refractivity contribution in [1.29, 1.82) is 0 Å². The first-order chi connectivity index (χ1) is 9.58. The Balaban J connectivity index is 0.000000486. The molecule has 0 radical (unpaired) electrons. The summed E-state index contributed by atoms with van der Waals surface area (Å²) in [5.74, 6) is 0.439. The summed E-state index contributed by atoms with van der Waals surface area (Å²) in [5.41, 5.74) is -0.700. The lowest BCUT2D eigenvalue weighted by molar-refractivity contribution is -0.136. The molecule has 1 saturated heterocycles. The summed E-state index contributed by atoms with van der Waals surface area (Å²) < 4.78 is 0. The van der Waals surface area contributed by atoms with E-state index in [0.717, 1.165) is 26.2 Å². The second-order valence-electron chi connectivity index (χ2n) is 6.90. The maximum absolute atomic E-state index is 11.7. The van der Waals surface area contributed by atoms with Crippen molar-refractivity contribution in [3.05, 3.63) is 0 Å². The zero-order valence-corrected chi connectivity index (χ0v) is 14.6. The molecule has 1 amide bonds. The number of aliphatic hydroxyl groups excluding tert-OH is 1. The Kier molecular flexibility index (Phi) is 9.09. The molecule has 1 fully saturated rings. The number of carbonyl (C=O) groups is 1. The van der Waals surface area contributed by atoms with Crippen LogP contribution < -0.4 is 0 Å². The van der Waals surface area contributed by atoms with E-state index in [1.165, 1.54) is 0 Å². The van der Waals surface area contributed by atoms with Crippen LogP contribution in [0.2, 0.25) is 0 Å². The molecule has 0 bridgehead atoms. The number of piperazine rings is 1. The lowest BCUT2D eigenvalue weighted by Crippen LogP contribution is -2.51. The van der Waals surface area contributed by atoms with Gasteiger partial charge in [0.2, 0.25) is 5.91 Å². The van der Waals surface area contributed by atoms with E-state index in [4.69, 9.17) is 10.2 Å². The highest BCUT2D eigenvalue weighted by Gasteiger charge is 2.23. The van der Waals surface area contributed by atoms with Crippen molar-refractivity contribution < 1.29 is 15.0 Å². The standard InChI is InChI=1S/C11H22N2O.C5H12O2/c1-9(2)11(14)13-7-5-12(6-8-13)10(3)4;1-5(2,7)3-4-6/h9-10H,5-8H2,1-4H3;6-7H,3-4H2,1-2H3. The van der Waals surface area contributed by atoms with Crippen LogP contribution in [0.4, 0.5) is 0 Å². The van der Waals surface area contributed by atoms with Gasteiger partial charge in [0.15, 0.2) is 0 Å². The minimum Gasteiger partial charge on any atom is -0.396 e. The molecule has 0 aliphatic carbocycles. The molecule has 0 unspecified atom stereocenters. The van der Waals surface area contributed by atoms with Gasteiger partial charge in [-0.2, -0.15) is 0 Å². The fourth-order valence-electron chi connectivity index (χ4n) is 2.10. The predicted molar refractivity (Wildman–Crippen MR) is 86.1 cm³/mol. The largest absolute Gasteiger partial charge is 0.396 e. The lowest BCUT2D eigenvalue weighted by Gasteiger charge is -2.37. The molecular weight excluding hydrogens is 268 g/mol. The molecule has 1 aliphatic rings. The van der Waals surface area contributed by atoms with Gasteiger partial charge in [0.05, 0.1) is 5.60 Å². The highest BCUT2D eigenvalue weighted by atomic mass is 16.3. The second-order valence-corrected chi connectivity index (χ2v) is 6.90. The van der Waals surface area contributed by atoms with Crippen molar-refractivity contribution in [3.63, 3.8) is 0 Å². The Hall–Kier alpha value is -0.650. The summed E-state index contributed by atoms with van der Waals surface area (Å²) in [6, 6.07) is 0.603. The lowest BCUT2D eigenvalue weighted by atomic mass is 10.1. The molecule has 0 aromatic rings. The van der Waals surface area contributed by atoms with E-state index in [-0.39, 0.29) is 12.5 Å². The van der Waals surface area contributed by atoms with Gasteiger partial charge in [-0.25, -0.2) is 0 Å². The Morgan fingerprint density at radius 2 is 1.57 bits per heavy atom. The van der Waals surface area contributed by atoms with Crippen LogP contribution in [0.3, 0.4) is 0 Å². The van der Waals surface area contributed by atoms with Crippen molar-refractivity contribution >= 4 is 5.91 Å². The normalized spacial score (nSPS) is 17.0. The first-order valence-corrected chi connectivity index (χ1v) is 7.94. The molecule has 0 atom stereocenters. The summed E-state index contributed by atoms with van der Waals surface area (Å²) in [4.78, 5) is 16.1. The van der Waals surface area contributed by atoms with Crippen LogP contribution in [0.15, 0.2) is 0 Å². The Morgan fingerprint density at radius 3 is 1.81 bits per heavy atom. The number of aliphatic hydroxyl groups is 2. The second kappa shape index (κ2) is 9.38. The summed E-state index contributed by atoms with van der Waals surface area (Å²) >= 11 is 0. The zero-order chi connectivity index (χ0) is 16.6. The van der Waals surface area contributed by atoms with E-state index in [0.29, 0.717) is 18.4 Å². The van der Waals surface area contributed by atoms with Crippen molar-refractivity contribution in [2.75, 3.05) is 32.8 Å². The SMILES string of the molecule is CC(C)(O)CCO.CC(C)C(=O)N1CCN(C(C)C)CC1. The number of rotatable bonds is 4. The van der Waals surface area contributed by atoms with Gasteiger partial charge in [-0.15, -0.1) is 0 Å². The van der Waals surface area contributed by atoms with Gasteiger partial charge in [0, 0.05) is 44.7 Å². The molecule has 1 heterocycles. The summed E-state index contributed by atoms with van der Waals surface area (Å²) in [6.45, 7) is 15.6. The number of amides is 1. The quantitative estimate of drug-likeness (QED) is 0.822. The Labute approximate surface area is 129 Å². The average molecular weight is 302 g/mol. The Bertz CT molecular complexity index is 290. The number of nitrogens with zero attached hydrogens (tertiary/aromatic N) is 2. The molecule has 2 N–H and O–H groups in total. The molecule has 0 aromatic carbocycles. The number of carbonyl (C=O) groups excluding carboxylic acids is 1. The minimum absolute atomic E-state index is 0.0590. The summed E-state index contributed by atoms with van der Waals surface area (Å²) in [7, 11) is 0. The molecule has 5 heteroatoms. The van der Waals surface area contributed by atoms with Gasteiger partial charge < -0.3 is 15.1 Å². The van der Waals surface area contributed by atoms with Gasteiger partial charge in [0.1, 0.15) is 0 Å². The van der Waals surface area contributed by atoms with Gasteiger partial charge in [0.25, 0.3) is 0 Å². The van der Waals surface area contributed by atoms with Crippen molar-refractivity contribution in [2.24, 2.45) is 5.92 Å². The zero-order valence-electron chi connectivity index (χ0n) is 14.6. The van der Waals surface area contributed by atoms with Crippen LogP contribution in [-0.2, 0) is 4.79 Å². The third-order valence-electron chi connectivity index (χ3n) is 3.57. The number of hydrogen-bond acceptors (Lipinski definition) is 4. The molecule has 5 nitrogen and oxygen atoms in total. The van der Waals surface area contributed by atoms with Crippen LogP contribution in [-0.4, -0.2) is 70.3 Å². The smallest absolute Gasteiger partial charge is 0.225 e. The molecule has 1 aliphatic heterocycles. The predicted octanol–water partition coefficient (Wildman–Crippen LogP) is 1.33. The van der Waals surface area contributed by atoms with Crippen molar-refractivity contribution in [2.45, 2.75) is 59.6 Å². The Morgan fingerprint density at radius 1 is 1.10 bits per heavy atom. The van der Waals surface area contributed by atoms with E-state index >= 15 is 0 Å². The summed E-state index contributed by atoms with van der Waals surface area (Å²) in [6.07, 6.45) is 0.451. The van der Waals surface area contributed by atoms with E-state index in [1.54, 1.807) is 13.8 Å². The summed E-state index contributed by atoms with van der Waals surface area (Å²) in [5, 5.41) is 17.1. The first kappa shape index (κ1) is 20.3. The van der Waals surface area contributed by atoms with Crippen molar-refractivity contribution in [1.82, 2.24) is 9.80 Å². The molecule has 0 aromatic heterocycles. The third-order valence-corrected chi connectivity index (χ3v) is 3.57.